The van der Waals surface area contributed by atoms with E-state index >= 15 is 0 Å². The summed E-state index contributed by atoms with van der Waals surface area (Å²) in [5.41, 5.74) is 4.22. The van der Waals surface area contributed by atoms with E-state index in [0.717, 1.165) is 16.7 Å². The SMILES string of the molecule is COC(=O)c1cccc(CN2C(=O)CC(c3cccc(C)c3)C(C(=O)OC(C)C)=C2C)c1. The molecule has 2 aromatic rings. The van der Waals surface area contributed by atoms with E-state index in [1.54, 1.807) is 43.9 Å². The number of amides is 1. The van der Waals surface area contributed by atoms with Crippen LogP contribution < -0.4 is 0 Å². The number of methoxy groups -OCH3 is 1. The molecule has 1 unspecified atom stereocenters. The van der Waals surface area contributed by atoms with E-state index < -0.39 is 11.9 Å². The standard InChI is InChI=1S/C26H29NO5/c1-16(2)32-26(30)24-18(4)27(15-19-9-7-11-21(13-19)25(29)31-5)23(28)14-22(24)20-10-6-8-17(3)12-20/h6-13,16,22H,14-15H2,1-5H3. The summed E-state index contributed by atoms with van der Waals surface area (Å²) in [6.07, 6.45) is -0.108. The minimum Gasteiger partial charge on any atom is -0.465 e. The van der Waals surface area contributed by atoms with Crippen molar-refractivity contribution in [2.24, 2.45) is 0 Å². The van der Waals surface area contributed by atoms with Gasteiger partial charge in [0.1, 0.15) is 0 Å². The lowest BCUT2D eigenvalue weighted by Gasteiger charge is -2.35. The molecule has 0 spiro atoms. The van der Waals surface area contributed by atoms with Crippen LogP contribution in [0.2, 0.25) is 0 Å². The van der Waals surface area contributed by atoms with Gasteiger partial charge in [-0.05, 0) is 51.0 Å². The molecule has 1 aliphatic rings. The van der Waals surface area contributed by atoms with Crippen LogP contribution in [0.15, 0.2) is 59.8 Å². The number of aryl methyl sites for hydroxylation is 1. The number of ether oxygens (including phenoxy) is 2. The van der Waals surface area contributed by atoms with Gasteiger partial charge in [0.15, 0.2) is 0 Å². The predicted octanol–water partition coefficient (Wildman–Crippen LogP) is 4.52. The van der Waals surface area contributed by atoms with Crippen molar-refractivity contribution in [1.29, 1.82) is 0 Å². The maximum Gasteiger partial charge on any atom is 0.337 e. The van der Waals surface area contributed by atoms with Gasteiger partial charge in [-0.25, -0.2) is 9.59 Å². The summed E-state index contributed by atoms with van der Waals surface area (Å²) >= 11 is 0. The van der Waals surface area contributed by atoms with Crippen molar-refractivity contribution in [3.8, 4) is 0 Å². The predicted molar refractivity (Wildman–Crippen MR) is 121 cm³/mol. The van der Waals surface area contributed by atoms with E-state index in [4.69, 9.17) is 9.47 Å². The molecule has 0 N–H and O–H groups in total. The topological polar surface area (TPSA) is 72.9 Å². The molecule has 6 heteroatoms. The molecular weight excluding hydrogens is 406 g/mol. The van der Waals surface area contributed by atoms with Crippen molar-refractivity contribution in [3.05, 3.63) is 82.1 Å². The van der Waals surface area contributed by atoms with Crippen LogP contribution in [-0.4, -0.2) is 36.0 Å². The van der Waals surface area contributed by atoms with Crippen LogP contribution in [0.25, 0.3) is 0 Å². The van der Waals surface area contributed by atoms with Gasteiger partial charge in [-0.3, -0.25) is 4.79 Å². The molecule has 1 heterocycles. The molecule has 32 heavy (non-hydrogen) atoms. The quantitative estimate of drug-likeness (QED) is 0.624. The minimum absolute atomic E-state index is 0.0847. The molecule has 168 valence electrons. The molecule has 2 aromatic carbocycles. The van der Waals surface area contributed by atoms with E-state index in [-0.39, 0.29) is 30.9 Å². The number of nitrogens with zero attached hydrogens (tertiary/aromatic N) is 1. The highest BCUT2D eigenvalue weighted by Gasteiger charge is 2.37. The molecule has 1 aliphatic heterocycles. The molecule has 3 rings (SSSR count). The Labute approximate surface area is 188 Å². The van der Waals surface area contributed by atoms with Crippen molar-refractivity contribution in [3.63, 3.8) is 0 Å². The van der Waals surface area contributed by atoms with Gasteiger partial charge in [0, 0.05) is 18.0 Å². The highest BCUT2D eigenvalue weighted by Crippen LogP contribution is 2.38. The Morgan fingerprint density at radius 2 is 1.78 bits per heavy atom. The third-order valence-corrected chi connectivity index (χ3v) is 5.52. The molecular formula is C26H29NO5. The van der Waals surface area contributed by atoms with Gasteiger partial charge in [0.05, 0.1) is 30.9 Å². The number of esters is 2. The Balaban J connectivity index is 2.02. The van der Waals surface area contributed by atoms with Crippen molar-refractivity contribution in [2.75, 3.05) is 7.11 Å². The second kappa shape index (κ2) is 9.81. The van der Waals surface area contributed by atoms with Crippen LogP contribution in [0.5, 0.6) is 0 Å². The van der Waals surface area contributed by atoms with E-state index in [2.05, 4.69) is 0 Å². The Morgan fingerprint density at radius 1 is 1.06 bits per heavy atom. The summed E-state index contributed by atoms with van der Waals surface area (Å²) in [5, 5.41) is 0. The first kappa shape index (κ1) is 23.3. The van der Waals surface area contributed by atoms with Crippen LogP contribution in [0.1, 0.15) is 60.2 Å². The lowest BCUT2D eigenvalue weighted by Crippen LogP contribution is -2.38. The lowest BCUT2D eigenvalue weighted by atomic mass is 9.83. The highest BCUT2D eigenvalue weighted by atomic mass is 16.5. The second-order valence-corrected chi connectivity index (χ2v) is 8.30. The fourth-order valence-corrected chi connectivity index (χ4v) is 4.01. The van der Waals surface area contributed by atoms with Gasteiger partial charge >= 0.3 is 11.9 Å². The molecule has 0 radical (unpaired) electrons. The van der Waals surface area contributed by atoms with Crippen LogP contribution >= 0.6 is 0 Å². The highest BCUT2D eigenvalue weighted by molar-refractivity contribution is 5.96. The fourth-order valence-electron chi connectivity index (χ4n) is 4.01. The van der Waals surface area contributed by atoms with Gasteiger partial charge in [0.25, 0.3) is 0 Å². The van der Waals surface area contributed by atoms with E-state index in [9.17, 15) is 14.4 Å². The molecule has 1 atom stereocenters. The number of hydrogen-bond acceptors (Lipinski definition) is 5. The summed E-state index contributed by atoms with van der Waals surface area (Å²) in [5.74, 6) is -1.31. The number of benzene rings is 2. The number of rotatable bonds is 6. The molecule has 0 saturated heterocycles. The summed E-state index contributed by atoms with van der Waals surface area (Å²) in [4.78, 5) is 39.8. The Bertz CT molecular complexity index is 1070. The number of carbonyl (C=O) groups is 3. The lowest BCUT2D eigenvalue weighted by molar-refractivity contribution is -0.143. The third kappa shape index (κ3) is 5.07. The molecule has 0 aliphatic carbocycles. The number of allylic oxidation sites excluding steroid dienone is 1. The zero-order valence-corrected chi connectivity index (χ0v) is 19.2. The zero-order valence-electron chi connectivity index (χ0n) is 19.2. The summed E-state index contributed by atoms with van der Waals surface area (Å²) < 4.78 is 10.3. The van der Waals surface area contributed by atoms with Crippen molar-refractivity contribution in [1.82, 2.24) is 4.90 Å². The zero-order chi connectivity index (χ0) is 23.4. The van der Waals surface area contributed by atoms with Gasteiger partial charge in [-0.2, -0.15) is 0 Å². The smallest absolute Gasteiger partial charge is 0.337 e. The van der Waals surface area contributed by atoms with Gasteiger partial charge in [0.2, 0.25) is 5.91 Å². The summed E-state index contributed by atoms with van der Waals surface area (Å²) in [6, 6.07) is 14.8. The molecule has 0 aromatic heterocycles. The summed E-state index contributed by atoms with van der Waals surface area (Å²) in [6.45, 7) is 7.62. The van der Waals surface area contributed by atoms with Crippen molar-refractivity contribution in [2.45, 2.75) is 52.7 Å². The average Bonchev–Trinajstić information content (AvgIpc) is 2.75. The third-order valence-electron chi connectivity index (χ3n) is 5.52. The molecule has 1 amide bonds. The monoisotopic (exact) mass is 435 g/mol. The van der Waals surface area contributed by atoms with Crippen LogP contribution in [0, 0.1) is 6.92 Å². The average molecular weight is 436 g/mol. The Morgan fingerprint density at radius 3 is 2.44 bits per heavy atom. The second-order valence-electron chi connectivity index (χ2n) is 8.30. The first-order valence-electron chi connectivity index (χ1n) is 10.7. The first-order valence-corrected chi connectivity index (χ1v) is 10.7. The first-order chi connectivity index (χ1) is 15.2. The van der Waals surface area contributed by atoms with E-state index in [0.29, 0.717) is 16.8 Å². The van der Waals surface area contributed by atoms with Crippen molar-refractivity contribution >= 4 is 17.8 Å². The van der Waals surface area contributed by atoms with Crippen LogP contribution in [0.3, 0.4) is 0 Å². The fraction of sp³-hybridized carbons (Fsp3) is 0.346. The van der Waals surface area contributed by atoms with Gasteiger partial charge in [-0.15, -0.1) is 0 Å². The Hall–Kier alpha value is -3.41. The number of hydrogen-bond donors (Lipinski definition) is 0. The minimum atomic E-state index is -0.440. The summed E-state index contributed by atoms with van der Waals surface area (Å²) in [7, 11) is 1.33. The normalized spacial score (nSPS) is 16.4. The maximum absolute atomic E-state index is 13.2. The molecule has 0 bridgehead atoms. The maximum atomic E-state index is 13.2. The van der Waals surface area contributed by atoms with Crippen LogP contribution in [0.4, 0.5) is 0 Å². The Kier molecular flexibility index (Phi) is 7.13. The largest absolute Gasteiger partial charge is 0.465 e. The number of carbonyl (C=O) groups excluding carboxylic acids is 3. The van der Waals surface area contributed by atoms with E-state index in [1.165, 1.54) is 7.11 Å². The van der Waals surface area contributed by atoms with Gasteiger partial charge < -0.3 is 14.4 Å². The van der Waals surface area contributed by atoms with Crippen molar-refractivity contribution < 1.29 is 23.9 Å². The molecule has 6 nitrogen and oxygen atoms in total. The molecule has 0 saturated carbocycles. The van der Waals surface area contributed by atoms with E-state index in [1.807, 2.05) is 37.3 Å². The molecule has 0 fully saturated rings. The van der Waals surface area contributed by atoms with Crippen LogP contribution in [-0.2, 0) is 25.6 Å². The van der Waals surface area contributed by atoms with Gasteiger partial charge in [-0.1, -0.05) is 42.0 Å².